The Kier molecular flexibility index (Phi) is 10.4. The van der Waals surface area contributed by atoms with Crippen molar-refractivity contribution in [1.29, 1.82) is 0 Å². The number of nitrogens with zero attached hydrogens (tertiary/aromatic N) is 1. The van der Waals surface area contributed by atoms with Crippen molar-refractivity contribution in [1.82, 2.24) is 10.2 Å². The summed E-state index contributed by atoms with van der Waals surface area (Å²) < 4.78 is 5.32. The van der Waals surface area contributed by atoms with Gasteiger partial charge >= 0.3 is 0 Å². The van der Waals surface area contributed by atoms with E-state index in [1.165, 1.54) is 0 Å². The van der Waals surface area contributed by atoms with Gasteiger partial charge in [-0.25, -0.2) is 0 Å². The number of carbonyl (C=O) groups excluding carboxylic acids is 2. The van der Waals surface area contributed by atoms with Crippen LogP contribution >= 0.6 is 11.8 Å². The summed E-state index contributed by atoms with van der Waals surface area (Å²) in [6.07, 6.45) is 0.933. The van der Waals surface area contributed by atoms with E-state index in [2.05, 4.69) is 19.2 Å². The van der Waals surface area contributed by atoms with E-state index < -0.39 is 6.04 Å². The van der Waals surface area contributed by atoms with Crippen LogP contribution in [0, 0.1) is 5.92 Å². The predicted molar refractivity (Wildman–Crippen MR) is 127 cm³/mol. The zero-order valence-corrected chi connectivity index (χ0v) is 19.8. The zero-order valence-electron chi connectivity index (χ0n) is 19.0. The maximum absolute atomic E-state index is 13.2. The lowest BCUT2D eigenvalue weighted by Crippen LogP contribution is -2.49. The van der Waals surface area contributed by atoms with Gasteiger partial charge in [-0.2, -0.15) is 0 Å². The fourth-order valence-electron chi connectivity index (χ4n) is 3.23. The lowest BCUT2D eigenvalue weighted by molar-refractivity contribution is -0.141. The Balaban J connectivity index is 2.14. The van der Waals surface area contributed by atoms with Crippen molar-refractivity contribution < 1.29 is 14.3 Å². The van der Waals surface area contributed by atoms with Crippen LogP contribution in [0.4, 0.5) is 0 Å². The molecule has 0 spiro atoms. The van der Waals surface area contributed by atoms with Crippen LogP contribution in [0.15, 0.2) is 59.5 Å². The third-order valence-electron chi connectivity index (χ3n) is 4.89. The van der Waals surface area contributed by atoms with E-state index in [1.807, 2.05) is 61.5 Å². The number of methoxy groups -OCH3 is 1. The number of carbonyl (C=O) groups is 2. The molecule has 31 heavy (non-hydrogen) atoms. The summed E-state index contributed by atoms with van der Waals surface area (Å²) in [5, 5.41) is 3.00. The van der Waals surface area contributed by atoms with Crippen molar-refractivity contribution in [3.8, 4) is 5.75 Å². The van der Waals surface area contributed by atoms with Crippen LogP contribution in [0.5, 0.6) is 5.75 Å². The Morgan fingerprint density at radius 1 is 1.10 bits per heavy atom. The minimum Gasteiger partial charge on any atom is -0.497 e. The van der Waals surface area contributed by atoms with Crippen LogP contribution in [0.1, 0.15) is 39.2 Å². The molecule has 0 heterocycles. The van der Waals surface area contributed by atoms with Gasteiger partial charge in [-0.15, -0.1) is 11.8 Å². The Bertz CT molecular complexity index is 827. The molecule has 0 radical (unpaired) electrons. The SMILES string of the molecule is CCC(C(=O)NCC(C)C)N(Cc1cccc(OC)c1)C(=O)CCSc1ccccc1. The largest absolute Gasteiger partial charge is 0.497 e. The molecule has 2 aromatic carbocycles. The molecule has 1 N–H and O–H groups in total. The molecule has 0 bridgehead atoms. The average molecular weight is 443 g/mol. The molecule has 2 rings (SSSR count). The maximum atomic E-state index is 13.2. The van der Waals surface area contributed by atoms with E-state index in [0.717, 1.165) is 16.2 Å². The highest BCUT2D eigenvalue weighted by Crippen LogP contribution is 2.21. The molecule has 0 aliphatic heterocycles. The van der Waals surface area contributed by atoms with Crippen LogP contribution in [0.25, 0.3) is 0 Å². The van der Waals surface area contributed by atoms with Gasteiger partial charge in [0, 0.05) is 30.2 Å². The average Bonchev–Trinajstić information content (AvgIpc) is 2.78. The van der Waals surface area contributed by atoms with E-state index in [4.69, 9.17) is 4.74 Å². The third kappa shape index (κ3) is 8.29. The van der Waals surface area contributed by atoms with Gasteiger partial charge in [-0.1, -0.05) is 51.1 Å². The molecule has 5 nitrogen and oxygen atoms in total. The summed E-state index contributed by atoms with van der Waals surface area (Å²) in [5.74, 6) is 1.65. The first-order valence-corrected chi connectivity index (χ1v) is 11.8. The smallest absolute Gasteiger partial charge is 0.242 e. The molecule has 2 aromatic rings. The van der Waals surface area contributed by atoms with E-state index in [0.29, 0.717) is 37.6 Å². The highest BCUT2D eigenvalue weighted by molar-refractivity contribution is 7.99. The van der Waals surface area contributed by atoms with Gasteiger partial charge in [-0.3, -0.25) is 9.59 Å². The van der Waals surface area contributed by atoms with Gasteiger partial charge in [0.1, 0.15) is 11.8 Å². The van der Waals surface area contributed by atoms with Gasteiger partial charge in [-0.05, 0) is 42.2 Å². The van der Waals surface area contributed by atoms with Crippen molar-refractivity contribution in [2.45, 2.75) is 51.1 Å². The Morgan fingerprint density at radius 3 is 2.48 bits per heavy atom. The van der Waals surface area contributed by atoms with Crippen LogP contribution in [0.3, 0.4) is 0 Å². The summed E-state index contributed by atoms with van der Waals surface area (Å²) >= 11 is 1.65. The molecule has 0 aliphatic rings. The van der Waals surface area contributed by atoms with Gasteiger partial charge in [0.25, 0.3) is 0 Å². The summed E-state index contributed by atoms with van der Waals surface area (Å²) in [7, 11) is 1.62. The predicted octanol–water partition coefficient (Wildman–Crippen LogP) is 4.76. The highest BCUT2D eigenvalue weighted by Gasteiger charge is 2.28. The normalized spacial score (nSPS) is 11.8. The number of ether oxygens (including phenoxy) is 1. The van der Waals surface area contributed by atoms with E-state index in [1.54, 1.807) is 23.8 Å². The van der Waals surface area contributed by atoms with Crippen LogP contribution in [0.2, 0.25) is 0 Å². The molecular weight excluding hydrogens is 408 g/mol. The van der Waals surface area contributed by atoms with Gasteiger partial charge < -0.3 is 15.0 Å². The summed E-state index contributed by atoms with van der Waals surface area (Å²) in [4.78, 5) is 29.0. The Morgan fingerprint density at radius 2 is 1.84 bits per heavy atom. The third-order valence-corrected chi connectivity index (χ3v) is 5.90. The molecule has 0 aromatic heterocycles. The minimum atomic E-state index is -0.501. The Hall–Kier alpha value is -2.47. The number of rotatable bonds is 12. The van der Waals surface area contributed by atoms with Crippen LogP contribution in [-0.4, -0.2) is 42.2 Å². The van der Waals surface area contributed by atoms with Gasteiger partial charge in [0.15, 0.2) is 0 Å². The molecule has 2 amide bonds. The second-order valence-electron chi connectivity index (χ2n) is 7.85. The lowest BCUT2D eigenvalue weighted by atomic mass is 10.1. The molecule has 0 aliphatic carbocycles. The second kappa shape index (κ2) is 13.1. The molecule has 1 atom stereocenters. The monoisotopic (exact) mass is 442 g/mol. The first-order chi connectivity index (χ1) is 14.9. The van der Waals surface area contributed by atoms with E-state index in [9.17, 15) is 9.59 Å². The second-order valence-corrected chi connectivity index (χ2v) is 9.02. The van der Waals surface area contributed by atoms with Gasteiger partial charge in [0.2, 0.25) is 11.8 Å². The maximum Gasteiger partial charge on any atom is 0.242 e. The number of hydrogen-bond donors (Lipinski definition) is 1. The molecule has 0 fully saturated rings. The first kappa shape index (κ1) is 24.8. The van der Waals surface area contributed by atoms with Crippen molar-refractivity contribution in [3.63, 3.8) is 0 Å². The highest BCUT2D eigenvalue weighted by atomic mass is 32.2. The number of amides is 2. The topological polar surface area (TPSA) is 58.6 Å². The molecule has 0 saturated heterocycles. The van der Waals surface area contributed by atoms with Crippen LogP contribution < -0.4 is 10.1 Å². The molecule has 0 saturated carbocycles. The number of thioether (sulfide) groups is 1. The van der Waals surface area contributed by atoms with Crippen molar-refractivity contribution in [3.05, 3.63) is 60.2 Å². The first-order valence-electron chi connectivity index (χ1n) is 10.8. The van der Waals surface area contributed by atoms with Gasteiger partial charge in [0.05, 0.1) is 7.11 Å². The molecule has 168 valence electrons. The quantitative estimate of drug-likeness (QED) is 0.482. The lowest BCUT2D eigenvalue weighted by Gasteiger charge is -2.31. The number of nitrogens with one attached hydrogen (secondary N) is 1. The molecular formula is C25H34N2O3S. The van der Waals surface area contributed by atoms with E-state index >= 15 is 0 Å². The van der Waals surface area contributed by atoms with Crippen molar-refractivity contribution >= 4 is 23.6 Å². The fourth-order valence-corrected chi connectivity index (χ4v) is 4.09. The Labute approximate surface area is 190 Å². The minimum absolute atomic E-state index is 0.0159. The number of benzene rings is 2. The standard InChI is InChI=1S/C25H34N2O3S/c1-5-23(25(29)26-17-19(2)3)27(18-20-10-9-11-21(16-20)30-4)24(28)14-15-31-22-12-7-6-8-13-22/h6-13,16,19,23H,5,14-15,17-18H2,1-4H3,(H,26,29). The number of hydrogen-bond acceptors (Lipinski definition) is 4. The summed E-state index contributed by atoms with van der Waals surface area (Å²) in [6.45, 7) is 7.03. The zero-order chi connectivity index (χ0) is 22.6. The van der Waals surface area contributed by atoms with Crippen LogP contribution in [-0.2, 0) is 16.1 Å². The van der Waals surface area contributed by atoms with Crippen molar-refractivity contribution in [2.24, 2.45) is 5.92 Å². The van der Waals surface area contributed by atoms with E-state index in [-0.39, 0.29) is 11.8 Å². The summed E-state index contributed by atoms with van der Waals surface area (Å²) in [6, 6.07) is 17.2. The molecule has 1 unspecified atom stereocenters. The van der Waals surface area contributed by atoms with Crippen molar-refractivity contribution in [2.75, 3.05) is 19.4 Å². The molecule has 6 heteroatoms. The summed E-state index contributed by atoms with van der Waals surface area (Å²) in [5.41, 5.74) is 0.943. The fraction of sp³-hybridized carbons (Fsp3) is 0.440.